The SMILES string of the molecule is CCCCCCC(CC)(CCC)C(C)C. The van der Waals surface area contributed by atoms with Gasteiger partial charge in [0.15, 0.2) is 0 Å². The van der Waals surface area contributed by atoms with Gasteiger partial charge in [-0.05, 0) is 24.2 Å². The van der Waals surface area contributed by atoms with Crippen molar-refractivity contribution in [2.45, 2.75) is 86.0 Å². The Morgan fingerprint density at radius 2 is 1.47 bits per heavy atom. The molecule has 0 aliphatic rings. The Labute approximate surface area is 97.8 Å². The normalized spacial score (nSPS) is 15.6. The van der Waals surface area contributed by atoms with Crippen LogP contribution in [0.3, 0.4) is 0 Å². The molecule has 15 heavy (non-hydrogen) atoms. The van der Waals surface area contributed by atoms with Gasteiger partial charge in [0.2, 0.25) is 0 Å². The van der Waals surface area contributed by atoms with Crippen LogP contribution in [0, 0.1) is 11.3 Å². The van der Waals surface area contributed by atoms with Gasteiger partial charge in [0.25, 0.3) is 0 Å². The van der Waals surface area contributed by atoms with E-state index in [1.807, 2.05) is 0 Å². The minimum absolute atomic E-state index is 0.641. The van der Waals surface area contributed by atoms with Crippen LogP contribution in [0.2, 0.25) is 0 Å². The van der Waals surface area contributed by atoms with E-state index in [0.717, 1.165) is 5.92 Å². The molecule has 0 nitrogen and oxygen atoms in total. The van der Waals surface area contributed by atoms with E-state index in [4.69, 9.17) is 0 Å². The van der Waals surface area contributed by atoms with Crippen molar-refractivity contribution in [2.24, 2.45) is 11.3 Å². The van der Waals surface area contributed by atoms with Crippen LogP contribution < -0.4 is 0 Å². The number of hydrogen-bond donors (Lipinski definition) is 0. The molecule has 0 heteroatoms. The molecule has 0 aromatic rings. The Bertz CT molecular complexity index is 137. The molecule has 0 spiro atoms. The van der Waals surface area contributed by atoms with Crippen molar-refractivity contribution < 1.29 is 0 Å². The van der Waals surface area contributed by atoms with Gasteiger partial charge in [-0.25, -0.2) is 0 Å². The summed E-state index contributed by atoms with van der Waals surface area (Å²) in [5, 5.41) is 0. The molecular weight excluding hydrogens is 180 g/mol. The first-order chi connectivity index (χ1) is 7.13. The minimum Gasteiger partial charge on any atom is -0.0654 e. The van der Waals surface area contributed by atoms with E-state index in [1.54, 1.807) is 0 Å². The molecule has 92 valence electrons. The smallest absolute Gasteiger partial charge is 0.0277 e. The number of unbranched alkanes of at least 4 members (excludes halogenated alkanes) is 3. The fourth-order valence-corrected chi connectivity index (χ4v) is 2.87. The predicted molar refractivity (Wildman–Crippen MR) is 71.2 cm³/mol. The van der Waals surface area contributed by atoms with Crippen LogP contribution >= 0.6 is 0 Å². The summed E-state index contributed by atoms with van der Waals surface area (Å²) >= 11 is 0. The summed E-state index contributed by atoms with van der Waals surface area (Å²) < 4.78 is 0. The Morgan fingerprint density at radius 1 is 0.800 bits per heavy atom. The fraction of sp³-hybridized carbons (Fsp3) is 1.00. The summed E-state index contributed by atoms with van der Waals surface area (Å²) in [5.74, 6) is 0.851. The monoisotopic (exact) mass is 212 g/mol. The van der Waals surface area contributed by atoms with Crippen LogP contribution in [0.5, 0.6) is 0 Å². The van der Waals surface area contributed by atoms with E-state index >= 15 is 0 Å². The first-order valence-corrected chi connectivity index (χ1v) is 7.13. The lowest BCUT2D eigenvalue weighted by Gasteiger charge is -2.37. The molecule has 0 heterocycles. The van der Waals surface area contributed by atoms with Gasteiger partial charge in [-0.1, -0.05) is 73.1 Å². The maximum absolute atomic E-state index is 2.42. The van der Waals surface area contributed by atoms with Gasteiger partial charge in [0.1, 0.15) is 0 Å². The molecule has 0 saturated heterocycles. The molecule has 0 rings (SSSR count). The van der Waals surface area contributed by atoms with Gasteiger partial charge in [-0.2, -0.15) is 0 Å². The minimum atomic E-state index is 0.641. The standard InChI is InChI=1S/C15H32/c1-6-9-10-11-13-15(8-3,12-7-2)14(4)5/h14H,6-13H2,1-5H3. The van der Waals surface area contributed by atoms with Crippen molar-refractivity contribution in [2.75, 3.05) is 0 Å². The molecule has 1 atom stereocenters. The maximum Gasteiger partial charge on any atom is -0.0277 e. The van der Waals surface area contributed by atoms with Crippen molar-refractivity contribution in [1.29, 1.82) is 0 Å². The van der Waals surface area contributed by atoms with Crippen molar-refractivity contribution >= 4 is 0 Å². The van der Waals surface area contributed by atoms with E-state index < -0.39 is 0 Å². The second-order valence-corrected chi connectivity index (χ2v) is 5.43. The number of rotatable bonds is 9. The highest BCUT2D eigenvalue weighted by atomic mass is 14.3. The Balaban J connectivity index is 4.10. The predicted octanol–water partition coefficient (Wildman–Crippen LogP) is 5.81. The third-order valence-corrected chi connectivity index (χ3v) is 4.20. The quantitative estimate of drug-likeness (QED) is 0.423. The maximum atomic E-state index is 2.42. The van der Waals surface area contributed by atoms with E-state index in [0.29, 0.717) is 5.41 Å². The molecule has 0 N–H and O–H groups in total. The Morgan fingerprint density at radius 3 is 1.87 bits per heavy atom. The van der Waals surface area contributed by atoms with Crippen molar-refractivity contribution in [1.82, 2.24) is 0 Å². The molecule has 0 radical (unpaired) electrons. The summed E-state index contributed by atoms with van der Waals surface area (Å²) in [6.07, 6.45) is 11.2. The zero-order valence-electron chi connectivity index (χ0n) is 11.7. The van der Waals surface area contributed by atoms with Gasteiger partial charge in [-0.3, -0.25) is 0 Å². The van der Waals surface area contributed by atoms with Crippen molar-refractivity contribution in [3.8, 4) is 0 Å². The average Bonchev–Trinajstić information content (AvgIpc) is 2.22. The van der Waals surface area contributed by atoms with Crippen LogP contribution in [0.15, 0.2) is 0 Å². The average molecular weight is 212 g/mol. The second-order valence-electron chi connectivity index (χ2n) is 5.43. The molecule has 0 aromatic heterocycles. The van der Waals surface area contributed by atoms with Gasteiger partial charge in [0, 0.05) is 0 Å². The molecule has 0 aliphatic carbocycles. The largest absolute Gasteiger partial charge is 0.0654 e. The first kappa shape index (κ1) is 15.0. The van der Waals surface area contributed by atoms with Gasteiger partial charge in [0.05, 0.1) is 0 Å². The summed E-state index contributed by atoms with van der Waals surface area (Å²) in [6, 6.07) is 0. The van der Waals surface area contributed by atoms with Crippen molar-refractivity contribution in [3.63, 3.8) is 0 Å². The van der Waals surface area contributed by atoms with Crippen LogP contribution in [-0.2, 0) is 0 Å². The van der Waals surface area contributed by atoms with Crippen molar-refractivity contribution in [3.05, 3.63) is 0 Å². The van der Waals surface area contributed by atoms with Gasteiger partial charge in [-0.15, -0.1) is 0 Å². The molecular formula is C15H32. The van der Waals surface area contributed by atoms with E-state index in [2.05, 4.69) is 34.6 Å². The lowest BCUT2D eigenvalue weighted by molar-refractivity contribution is 0.139. The molecule has 0 fully saturated rings. The fourth-order valence-electron chi connectivity index (χ4n) is 2.87. The summed E-state index contributed by atoms with van der Waals surface area (Å²) in [4.78, 5) is 0. The highest BCUT2D eigenvalue weighted by Gasteiger charge is 2.29. The number of hydrogen-bond acceptors (Lipinski definition) is 0. The van der Waals surface area contributed by atoms with E-state index in [-0.39, 0.29) is 0 Å². The first-order valence-electron chi connectivity index (χ1n) is 7.13. The lowest BCUT2D eigenvalue weighted by Crippen LogP contribution is -2.26. The summed E-state index contributed by atoms with van der Waals surface area (Å²) in [7, 11) is 0. The molecule has 0 aliphatic heterocycles. The van der Waals surface area contributed by atoms with Crippen LogP contribution in [-0.4, -0.2) is 0 Å². The third kappa shape index (κ3) is 5.04. The topological polar surface area (TPSA) is 0 Å². The van der Waals surface area contributed by atoms with Gasteiger partial charge < -0.3 is 0 Å². The zero-order chi connectivity index (χ0) is 11.7. The zero-order valence-corrected chi connectivity index (χ0v) is 11.7. The highest BCUT2D eigenvalue weighted by molar-refractivity contribution is 4.80. The van der Waals surface area contributed by atoms with Crippen LogP contribution in [0.25, 0.3) is 0 Å². The Kier molecular flexibility index (Phi) is 8.19. The second kappa shape index (κ2) is 8.19. The van der Waals surface area contributed by atoms with E-state index in [9.17, 15) is 0 Å². The lowest BCUT2D eigenvalue weighted by atomic mass is 9.68. The van der Waals surface area contributed by atoms with Crippen LogP contribution in [0.1, 0.15) is 86.0 Å². The molecule has 0 bridgehead atoms. The molecule has 1 unspecified atom stereocenters. The molecule has 0 amide bonds. The molecule has 0 saturated carbocycles. The van der Waals surface area contributed by atoms with Gasteiger partial charge >= 0.3 is 0 Å². The Hall–Kier alpha value is 0. The summed E-state index contributed by atoms with van der Waals surface area (Å²) in [6.45, 7) is 11.8. The third-order valence-electron chi connectivity index (χ3n) is 4.20. The summed E-state index contributed by atoms with van der Waals surface area (Å²) in [5.41, 5.74) is 0.641. The van der Waals surface area contributed by atoms with E-state index in [1.165, 1.54) is 51.4 Å². The highest BCUT2D eigenvalue weighted by Crippen LogP contribution is 2.41. The van der Waals surface area contributed by atoms with Crippen LogP contribution in [0.4, 0.5) is 0 Å². The molecule has 0 aromatic carbocycles.